The summed E-state index contributed by atoms with van der Waals surface area (Å²) >= 11 is -1.03. The topological polar surface area (TPSA) is 17.1 Å². The van der Waals surface area contributed by atoms with E-state index in [0.29, 0.717) is 0 Å². The van der Waals surface area contributed by atoms with Crippen LogP contribution in [0.1, 0.15) is 64.9 Å². The number of quaternary nitrogens is 1. The van der Waals surface area contributed by atoms with Gasteiger partial charge in [-0.3, -0.25) is 0 Å². The summed E-state index contributed by atoms with van der Waals surface area (Å²) < 4.78 is 10.1. The minimum absolute atomic E-state index is 1.03. The van der Waals surface area contributed by atoms with Crippen molar-refractivity contribution in [3.63, 3.8) is 0 Å². The second kappa shape index (κ2) is 15.3. The van der Waals surface area contributed by atoms with Gasteiger partial charge in [0.05, 0.1) is 19.6 Å². The quantitative estimate of drug-likeness (QED) is 0.373. The molecule has 0 aliphatic heterocycles. The molecule has 0 aromatic heterocycles. The number of halogens is 1. The van der Waals surface area contributed by atoms with Crippen molar-refractivity contribution in [2.45, 2.75) is 65.8 Å². The first-order valence-corrected chi connectivity index (χ1v) is 11.3. The molecule has 23 heavy (non-hydrogen) atoms. The van der Waals surface area contributed by atoms with Gasteiger partial charge in [0, 0.05) is 5.56 Å². The van der Waals surface area contributed by atoms with E-state index in [2.05, 4.69) is 61.2 Å². The van der Waals surface area contributed by atoms with E-state index in [1.807, 2.05) is 0 Å². The Bertz CT molecular complexity index is 364. The molecule has 4 heteroatoms. The Kier molecular flexibility index (Phi) is 15.2. The first-order chi connectivity index (χ1) is 11.2. The zero-order chi connectivity index (χ0) is 17.4. The first kappa shape index (κ1) is 22.8. The van der Waals surface area contributed by atoms with Crippen LogP contribution in [-0.2, 0) is 10.3 Å². The summed E-state index contributed by atoms with van der Waals surface area (Å²) in [6.45, 7) is 12.2. The molecule has 1 rings (SSSR count). The van der Waals surface area contributed by atoms with Gasteiger partial charge in [0.25, 0.3) is 0 Å². The fraction of sp³-hybridized carbons (Fsp3) is 0.684. The molecule has 130 valence electrons. The van der Waals surface area contributed by atoms with Crippen molar-refractivity contribution in [2.24, 2.45) is 0 Å². The zero-order valence-corrected chi connectivity index (χ0v) is 17.2. The maximum absolute atomic E-state index is 8.78. The molecule has 0 fully saturated rings. The molecule has 1 aromatic carbocycles. The van der Waals surface area contributed by atoms with Gasteiger partial charge in [0.15, 0.2) is 0 Å². The van der Waals surface area contributed by atoms with Gasteiger partial charge in [-0.05, 0) is 19.3 Å². The first-order valence-electron chi connectivity index (χ1n) is 9.10. The number of benzene rings is 1. The Labute approximate surface area is 153 Å². The third-order valence-corrected chi connectivity index (χ3v) is 4.32. The van der Waals surface area contributed by atoms with E-state index in [4.69, 9.17) is 3.80 Å². The molecule has 0 heterocycles. The van der Waals surface area contributed by atoms with E-state index in [1.54, 1.807) is 0 Å². The molecular formula is C19H34AlClNO+. The molecular weight excluding hydrogens is 321 g/mol. The van der Waals surface area contributed by atoms with Crippen LogP contribution in [0.5, 0.6) is 0 Å². The Morgan fingerprint density at radius 1 is 0.870 bits per heavy atom. The third-order valence-electron chi connectivity index (χ3n) is 4.32. The summed E-state index contributed by atoms with van der Waals surface area (Å²) in [6.07, 6.45) is 8.02. The molecule has 0 saturated carbocycles. The van der Waals surface area contributed by atoms with Crippen LogP contribution in [0.4, 0.5) is 0 Å². The van der Waals surface area contributed by atoms with E-state index < -0.39 is 14.2 Å². The molecule has 0 bridgehead atoms. The summed E-state index contributed by atoms with van der Waals surface area (Å²) in [7, 11) is 4.53. The Morgan fingerprint density at radius 3 is 1.61 bits per heavy atom. The van der Waals surface area contributed by atoms with Crippen LogP contribution >= 0.6 is 10.0 Å². The molecule has 0 spiro atoms. The van der Waals surface area contributed by atoms with E-state index in [0.717, 1.165) is 0 Å². The van der Waals surface area contributed by atoms with Gasteiger partial charge < -0.3 is 4.48 Å². The second-order valence-corrected chi connectivity index (χ2v) is 7.02. The van der Waals surface area contributed by atoms with Crippen molar-refractivity contribution < 1.29 is 8.29 Å². The van der Waals surface area contributed by atoms with Crippen molar-refractivity contribution in [2.75, 3.05) is 19.6 Å². The van der Waals surface area contributed by atoms with Crippen LogP contribution in [0.3, 0.4) is 0 Å². The third kappa shape index (κ3) is 11.1. The van der Waals surface area contributed by atoms with Crippen LogP contribution < -0.4 is 0 Å². The summed E-state index contributed by atoms with van der Waals surface area (Å²) in [4.78, 5) is 0. The molecule has 2 nitrogen and oxygen atoms in total. The molecule has 0 amide bonds. The van der Waals surface area contributed by atoms with Crippen molar-refractivity contribution in [3.8, 4) is 0 Å². The van der Waals surface area contributed by atoms with Crippen LogP contribution in [0.2, 0.25) is 0 Å². The summed E-state index contributed by atoms with van der Waals surface area (Å²) in [5, 5.41) is 0. The zero-order valence-electron chi connectivity index (χ0n) is 15.3. The molecule has 0 radical (unpaired) electrons. The summed E-state index contributed by atoms with van der Waals surface area (Å²) in [6, 6.07) is 11.1. The van der Waals surface area contributed by atoms with Crippen molar-refractivity contribution in [1.29, 1.82) is 0 Å². The number of rotatable bonds is 11. The second-order valence-electron chi connectivity index (χ2n) is 6.31. The number of nitrogens with zero attached hydrogens (tertiary/aromatic N) is 1. The van der Waals surface area contributed by atoms with Crippen molar-refractivity contribution in [3.05, 3.63) is 35.9 Å². The Hall–Kier alpha value is -0.198. The fourth-order valence-electron chi connectivity index (χ4n) is 3.02. The Morgan fingerprint density at radius 2 is 1.26 bits per heavy atom. The number of hydrogen-bond donors (Lipinski definition) is 0. The van der Waals surface area contributed by atoms with Gasteiger partial charge in [0.2, 0.25) is 0 Å². The number of unbranched alkanes of at least 4 members (excludes halogenated alkanes) is 3. The molecule has 0 atom stereocenters. The minimum atomic E-state index is -1.03. The van der Waals surface area contributed by atoms with Crippen molar-refractivity contribution >= 4 is 24.3 Å². The average Bonchev–Trinajstić information content (AvgIpc) is 2.58. The molecule has 0 aliphatic rings. The van der Waals surface area contributed by atoms with Gasteiger partial charge in [-0.1, -0.05) is 70.4 Å². The van der Waals surface area contributed by atoms with E-state index in [-0.39, 0.29) is 0 Å². The van der Waals surface area contributed by atoms with Gasteiger partial charge in [-0.25, -0.2) is 0 Å². The monoisotopic (exact) mass is 354 g/mol. The van der Waals surface area contributed by atoms with Crippen molar-refractivity contribution in [1.82, 2.24) is 0 Å². The summed E-state index contributed by atoms with van der Waals surface area (Å²) in [5.74, 6) is 0. The SMILES string of the molecule is CCCC[N+](CCCC)(CCCC)Cc1ccccc1.[O]=[Al][Cl]. The predicted octanol–water partition coefficient (Wildman–Crippen LogP) is 5.59. The van der Waals surface area contributed by atoms with E-state index in [1.165, 1.54) is 74.8 Å². The maximum atomic E-state index is 8.78. The standard InChI is InChI=1S/C19H34N.Al.ClH.O/c1-4-7-15-20(16-8-5-2,17-9-6-3)18-19-13-11-10-12-14-19;;;/h10-14H,4-9,15-18H2,1-3H3;;1H;/q2*+1;;/p-1. The van der Waals surface area contributed by atoms with Crippen LogP contribution in [0, 0.1) is 0 Å². The van der Waals surface area contributed by atoms with Gasteiger partial charge in [-0.2, -0.15) is 0 Å². The fourth-order valence-corrected chi connectivity index (χ4v) is 3.02. The molecule has 0 N–H and O–H groups in total. The van der Waals surface area contributed by atoms with Crippen LogP contribution in [0.15, 0.2) is 30.3 Å². The van der Waals surface area contributed by atoms with Crippen LogP contribution in [-0.4, -0.2) is 38.3 Å². The van der Waals surface area contributed by atoms with E-state index >= 15 is 0 Å². The molecule has 1 aromatic rings. The van der Waals surface area contributed by atoms with Crippen LogP contribution in [0.25, 0.3) is 0 Å². The Balaban J connectivity index is 0.00000149. The molecule has 0 unspecified atom stereocenters. The normalized spacial score (nSPS) is 10.6. The predicted molar refractivity (Wildman–Crippen MR) is 102 cm³/mol. The van der Waals surface area contributed by atoms with E-state index in [9.17, 15) is 0 Å². The molecule has 0 aliphatic carbocycles. The van der Waals surface area contributed by atoms with Gasteiger partial charge in [0.1, 0.15) is 6.54 Å². The average molecular weight is 355 g/mol. The number of hydrogen-bond acceptors (Lipinski definition) is 1. The van der Waals surface area contributed by atoms with Gasteiger partial charge in [-0.15, -0.1) is 0 Å². The summed E-state index contributed by atoms with van der Waals surface area (Å²) in [5.41, 5.74) is 1.51. The molecule has 0 saturated heterocycles. The van der Waals surface area contributed by atoms with Gasteiger partial charge >= 0.3 is 28.1 Å².